The van der Waals surface area contributed by atoms with Gasteiger partial charge in [0.25, 0.3) is 0 Å². The molecule has 0 aromatic rings. The van der Waals surface area contributed by atoms with Gasteiger partial charge in [0.15, 0.2) is 12.1 Å². The number of carboxylic acid groups (broad SMARTS) is 1. The lowest BCUT2D eigenvalue weighted by atomic mass is 10.0. The van der Waals surface area contributed by atoms with Crippen LogP contribution in [0.15, 0.2) is 48.6 Å². The molecule has 8 heteroatoms. The van der Waals surface area contributed by atoms with Crippen LogP contribution in [-0.2, 0) is 28.6 Å². The fourth-order valence-corrected chi connectivity index (χ4v) is 7.85. The first-order valence-electron chi connectivity index (χ1n) is 26.7. The Labute approximate surface area is 395 Å². The summed E-state index contributed by atoms with van der Waals surface area (Å²) in [5.74, 6) is -1.49. The molecular formula is C56H102NO7+. The number of hydrogen-bond acceptors (Lipinski definition) is 6. The summed E-state index contributed by atoms with van der Waals surface area (Å²) < 4.78 is 17.3. The van der Waals surface area contributed by atoms with Gasteiger partial charge in [0.1, 0.15) is 6.61 Å². The smallest absolute Gasteiger partial charge is 0.362 e. The third-order valence-electron chi connectivity index (χ3n) is 12.0. The van der Waals surface area contributed by atoms with Crippen molar-refractivity contribution in [1.29, 1.82) is 0 Å². The number of allylic oxidation sites excluding steroid dienone is 8. The van der Waals surface area contributed by atoms with Gasteiger partial charge in [-0.15, -0.1) is 0 Å². The Bertz CT molecular complexity index is 1190. The van der Waals surface area contributed by atoms with Gasteiger partial charge in [0, 0.05) is 19.3 Å². The molecule has 0 rings (SSSR count). The Hall–Kier alpha value is -2.71. The molecule has 0 aromatic heterocycles. The molecule has 0 aliphatic rings. The van der Waals surface area contributed by atoms with Gasteiger partial charge >= 0.3 is 17.9 Å². The molecule has 0 aliphatic heterocycles. The zero-order chi connectivity index (χ0) is 47.0. The van der Waals surface area contributed by atoms with Crippen LogP contribution in [0.5, 0.6) is 0 Å². The van der Waals surface area contributed by atoms with Crippen molar-refractivity contribution in [3.8, 4) is 0 Å². The Kier molecular flexibility index (Phi) is 44.8. The lowest BCUT2D eigenvalue weighted by Crippen LogP contribution is -2.50. The van der Waals surface area contributed by atoms with E-state index in [4.69, 9.17) is 14.2 Å². The van der Waals surface area contributed by atoms with Gasteiger partial charge in [0.2, 0.25) is 0 Å². The number of esters is 2. The number of hydrogen-bond donors (Lipinski definition) is 1. The molecule has 1 N–H and O–H groups in total. The molecule has 64 heavy (non-hydrogen) atoms. The number of carboxylic acids is 1. The van der Waals surface area contributed by atoms with Gasteiger partial charge < -0.3 is 23.8 Å². The van der Waals surface area contributed by atoms with E-state index in [9.17, 15) is 19.5 Å². The number of aliphatic carboxylic acids is 1. The normalized spacial score (nSPS) is 13.2. The van der Waals surface area contributed by atoms with Gasteiger partial charge in [-0.1, -0.05) is 204 Å². The van der Waals surface area contributed by atoms with Gasteiger partial charge in [-0.05, 0) is 64.2 Å². The molecule has 0 radical (unpaired) electrons. The quantitative estimate of drug-likeness (QED) is 0.0213. The van der Waals surface area contributed by atoms with Gasteiger partial charge in [-0.2, -0.15) is 0 Å². The molecule has 0 saturated carbocycles. The molecule has 2 atom stereocenters. The predicted octanol–water partition coefficient (Wildman–Crippen LogP) is 15.5. The molecule has 0 bridgehead atoms. The van der Waals surface area contributed by atoms with Crippen LogP contribution in [0.1, 0.15) is 239 Å². The van der Waals surface area contributed by atoms with Gasteiger partial charge in [0.05, 0.1) is 34.4 Å². The minimum absolute atomic E-state index is 0.0528. The highest BCUT2D eigenvalue weighted by molar-refractivity contribution is 5.72. The monoisotopic (exact) mass is 901 g/mol. The van der Waals surface area contributed by atoms with E-state index in [1.165, 1.54) is 141 Å². The maximum absolute atomic E-state index is 12.8. The van der Waals surface area contributed by atoms with Crippen molar-refractivity contribution in [2.24, 2.45) is 0 Å². The molecule has 0 amide bonds. The molecule has 0 heterocycles. The zero-order valence-corrected chi connectivity index (χ0v) is 42.5. The number of quaternary nitrogens is 1. The number of unbranched alkanes of at least 4 members (excludes halogenated alkanes) is 28. The van der Waals surface area contributed by atoms with Crippen molar-refractivity contribution in [3.05, 3.63) is 48.6 Å². The van der Waals surface area contributed by atoms with Crippen molar-refractivity contribution in [3.63, 3.8) is 0 Å². The van der Waals surface area contributed by atoms with Crippen LogP contribution in [0.3, 0.4) is 0 Å². The van der Waals surface area contributed by atoms with Crippen molar-refractivity contribution in [2.75, 3.05) is 41.0 Å². The number of carbonyl (C=O) groups is 3. The molecule has 0 spiro atoms. The van der Waals surface area contributed by atoms with Gasteiger partial charge in [-0.3, -0.25) is 9.59 Å². The largest absolute Gasteiger partial charge is 0.477 e. The average molecular weight is 901 g/mol. The number of likely N-dealkylation sites (N-methyl/N-ethyl adjacent to an activating group) is 1. The van der Waals surface area contributed by atoms with E-state index in [0.717, 1.165) is 64.2 Å². The summed E-state index contributed by atoms with van der Waals surface area (Å²) in [5.41, 5.74) is 0. The summed E-state index contributed by atoms with van der Waals surface area (Å²) in [7, 11) is 5.53. The topological polar surface area (TPSA) is 99.1 Å². The second-order valence-corrected chi connectivity index (χ2v) is 19.2. The van der Waals surface area contributed by atoms with E-state index in [-0.39, 0.29) is 36.2 Å². The summed E-state index contributed by atoms with van der Waals surface area (Å²) in [6.07, 6.45) is 57.3. The van der Waals surface area contributed by atoms with Crippen LogP contribution >= 0.6 is 0 Å². The van der Waals surface area contributed by atoms with Crippen molar-refractivity contribution in [1.82, 2.24) is 0 Å². The highest BCUT2D eigenvalue weighted by atomic mass is 16.6. The van der Waals surface area contributed by atoms with Crippen LogP contribution in [0.25, 0.3) is 0 Å². The molecule has 372 valence electrons. The third-order valence-corrected chi connectivity index (χ3v) is 12.0. The van der Waals surface area contributed by atoms with Crippen molar-refractivity contribution >= 4 is 17.9 Å². The first-order valence-corrected chi connectivity index (χ1v) is 26.7. The summed E-state index contributed by atoms with van der Waals surface area (Å²) >= 11 is 0. The lowest BCUT2D eigenvalue weighted by Gasteiger charge is -2.31. The van der Waals surface area contributed by atoms with Crippen LogP contribution < -0.4 is 0 Å². The highest BCUT2D eigenvalue weighted by Gasteiger charge is 2.31. The number of rotatable bonds is 48. The van der Waals surface area contributed by atoms with Gasteiger partial charge in [-0.25, -0.2) is 4.79 Å². The summed E-state index contributed by atoms with van der Waals surface area (Å²) in [6.45, 7) is 4.72. The Morgan fingerprint density at radius 1 is 0.469 bits per heavy atom. The first-order chi connectivity index (χ1) is 31.1. The lowest BCUT2D eigenvalue weighted by molar-refractivity contribution is -0.887. The van der Waals surface area contributed by atoms with Crippen LogP contribution in [0.4, 0.5) is 0 Å². The maximum Gasteiger partial charge on any atom is 0.362 e. The van der Waals surface area contributed by atoms with E-state index in [1.807, 2.05) is 21.1 Å². The molecule has 0 fully saturated rings. The highest BCUT2D eigenvalue weighted by Crippen LogP contribution is 2.15. The first kappa shape index (κ1) is 61.3. The van der Waals surface area contributed by atoms with Crippen LogP contribution in [0, 0.1) is 0 Å². The van der Waals surface area contributed by atoms with E-state index in [0.29, 0.717) is 19.3 Å². The fourth-order valence-electron chi connectivity index (χ4n) is 7.85. The fraction of sp³-hybridized carbons (Fsp3) is 0.804. The Morgan fingerprint density at radius 3 is 1.25 bits per heavy atom. The van der Waals surface area contributed by atoms with E-state index >= 15 is 0 Å². The second-order valence-electron chi connectivity index (χ2n) is 19.2. The van der Waals surface area contributed by atoms with Crippen molar-refractivity contribution in [2.45, 2.75) is 251 Å². The van der Waals surface area contributed by atoms with Crippen LogP contribution in [0.2, 0.25) is 0 Å². The number of nitrogens with zero attached hydrogens (tertiary/aromatic N) is 1. The molecule has 0 saturated heterocycles. The summed E-state index contributed by atoms with van der Waals surface area (Å²) in [4.78, 5) is 37.2. The Morgan fingerprint density at radius 2 is 0.844 bits per heavy atom. The van der Waals surface area contributed by atoms with Crippen LogP contribution in [-0.4, -0.2) is 80.6 Å². The molecule has 0 aliphatic carbocycles. The van der Waals surface area contributed by atoms with Crippen molar-refractivity contribution < 1.29 is 38.2 Å². The maximum atomic E-state index is 12.8. The summed E-state index contributed by atoms with van der Waals surface area (Å²) in [5, 5.41) is 9.66. The number of ether oxygens (including phenoxy) is 3. The van der Waals surface area contributed by atoms with E-state index in [1.54, 1.807) is 0 Å². The third kappa shape index (κ3) is 44.5. The second kappa shape index (κ2) is 46.8. The van der Waals surface area contributed by atoms with E-state index in [2.05, 4.69) is 62.5 Å². The molecule has 0 aromatic carbocycles. The molecule has 8 nitrogen and oxygen atoms in total. The standard InChI is InChI=1S/C56H101NO7/c1-6-8-10-12-14-16-18-20-22-24-26-27-28-29-31-33-35-37-39-41-43-45-47-55(59)64-52(50-62-49-48-53(56(60)61)57(3,4)5)51-63-54(58)46-44-42-40-38-36-34-32-30-25-23-21-19-17-15-13-11-9-7-2/h19,21,23,25,28-30,32,52-53H,6-18,20,22,24,26-27,31,33-51H2,1-5H3/p+1/b21-19+,25-23+,29-28+,32-30+. The zero-order valence-electron chi connectivity index (χ0n) is 42.5. The minimum atomic E-state index is -0.878. The van der Waals surface area contributed by atoms with E-state index < -0.39 is 18.1 Å². The predicted molar refractivity (Wildman–Crippen MR) is 271 cm³/mol. The minimum Gasteiger partial charge on any atom is -0.477 e. The summed E-state index contributed by atoms with van der Waals surface area (Å²) in [6, 6.07) is -0.620. The molecular weight excluding hydrogens is 799 g/mol. The SMILES string of the molecule is CCCCCCC/C=C/C=C/C=C/CCCCCCCC(=O)OCC(COCCC(C(=O)O)[N+](C)(C)C)OC(=O)CCCCCCCCC/C=C/CCCCCCCCCCCCC. The number of carbonyl (C=O) groups excluding carboxylic acids is 2. The Balaban J connectivity index is 4.26. The molecule has 2 unspecified atom stereocenters. The average Bonchev–Trinajstić information content (AvgIpc) is 3.26.